The summed E-state index contributed by atoms with van der Waals surface area (Å²) in [5.74, 6) is -3.15. The summed E-state index contributed by atoms with van der Waals surface area (Å²) in [4.78, 5) is 15.6. The Hall–Kier alpha value is -1.83. The third kappa shape index (κ3) is 4.09. The van der Waals surface area contributed by atoms with Crippen molar-refractivity contribution in [1.82, 2.24) is 0 Å². The fourth-order valence-electron chi connectivity index (χ4n) is 1.05. The SMILES string of the molecule is N/C(CCl)=N\OC(=O)c1ccc(F)c(C(F)(F)F)c1. The van der Waals surface area contributed by atoms with E-state index in [1.165, 1.54) is 0 Å². The Kier molecular flexibility index (Phi) is 4.71. The second-order valence-corrected chi connectivity index (χ2v) is 3.55. The predicted octanol–water partition coefficient (Wildman–Crippen LogP) is 2.51. The van der Waals surface area contributed by atoms with Gasteiger partial charge < -0.3 is 10.6 Å². The Morgan fingerprint density at radius 1 is 1.42 bits per heavy atom. The lowest BCUT2D eigenvalue weighted by molar-refractivity contribution is -0.140. The molecule has 0 fully saturated rings. The first-order valence-corrected chi connectivity index (χ1v) is 5.25. The van der Waals surface area contributed by atoms with Gasteiger partial charge in [-0.15, -0.1) is 11.6 Å². The standard InChI is InChI=1S/C10H7ClF4N2O2/c11-4-8(16)17-19-9(18)5-1-2-7(12)6(3-5)10(13,14)15/h1-3H,4H2,(H2,16,17). The molecule has 1 rings (SSSR count). The van der Waals surface area contributed by atoms with Crippen molar-refractivity contribution in [3.8, 4) is 0 Å². The fourth-order valence-corrected chi connectivity index (χ4v) is 1.10. The van der Waals surface area contributed by atoms with Crippen LogP contribution in [-0.2, 0) is 11.0 Å². The van der Waals surface area contributed by atoms with E-state index in [4.69, 9.17) is 17.3 Å². The zero-order valence-corrected chi connectivity index (χ0v) is 9.93. The van der Waals surface area contributed by atoms with Crippen molar-refractivity contribution in [1.29, 1.82) is 0 Å². The largest absolute Gasteiger partial charge is 0.419 e. The van der Waals surface area contributed by atoms with Crippen molar-refractivity contribution < 1.29 is 27.2 Å². The van der Waals surface area contributed by atoms with E-state index >= 15 is 0 Å². The number of alkyl halides is 4. The van der Waals surface area contributed by atoms with Crippen LogP contribution in [0, 0.1) is 5.82 Å². The summed E-state index contributed by atoms with van der Waals surface area (Å²) in [7, 11) is 0. The first kappa shape index (κ1) is 15.2. The molecule has 0 unspecified atom stereocenters. The van der Waals surface area contributed by atoms with Gasteiger partial charge in [0, 0.05) is 0 Å². The monoisotopic (exact) mass is 298 g/mol. The lowest BCUT2D eigenvalue weighted by Crippen LogP contribution is -2.15. The van der Waals surface area contributed by atoms with E-state index in [9.17, 15) is 22.4 Å². The number of nitrogens with zero attached hydrogens (tertiary/aromatic N) is 1. The molecular formula is C10H7ClF4N2O2. The van der Waals surface area contributed by atoms with E-state index in [0.29, 0.717) is 12.1 Å². The van der Waals surface area contributed by atoms with Crippen LogP contribution in [0.1, 0.15) is 15.9 Å². The maximum Gasteiger partial charge on any atom is 0.419 e. The molecule has 0 atom stereocenters. The smallest absolute Gasteiger partial charge is 0.383 e. The predicted molar refractivity (Wildman–Crippen MR) is 59.2 cm³/mol. The highest BCUT2D eigenvalue weighted by molar-refractivity contribution is 6.27. The third-order valence-electron chi connectivity index (χ3n) is 1.89. The minimum atomic E-state index is -4.92. The molecule has 0 spiro atoms. The van der Waals surface area contributed by atoms with Crippen LogP contribution in [0.4, 0.5) is 17.6 Å². The Labute approximate surface area is 109 Å². The van der Waals surface area contributed by atoms with Crippen LogP contribution >= 0.6 is 11.6 Å². The zero-order chi connectivity index (χ0) is 14.6. The summed E-state index contributed by atoms with van der Waals surface area (Å²) in [5, 5.41) is 3.07. The van der Waals surface area contributed by atoms with Gasteiger partial charge >= 0.3 is 12.1 Å². The van der Waals surface area contributed by atoms with E-state index in [-0.39, 0.29) is 11.7 Å². The molecular weight excluding hydrogens is 292 g/mol. The summed E-state index contributed by atoms with van der Waals surface area (Å²) >= 11 is 5.24. The summed E-state index contributed by atoms with van der Waals surface area (Å²) < 4.78 is 50.2. The number of carbonyl (C=O) groups is 1. The Morgan fingerprint density at radius 2 is 2.05 bits per heavy atom. The molecule has 2 N–H and O–H groups in total. The van der Waals surface area contributed by atoms with E-state index < -0.39 is 29.1 Å². The first-order chi connectivity index (χ1) is 8.75. The van der Waals surface area contributed by atoms with Crippen LogP contribution < -0.4 is 5.73 Å². The highest BCUT2D eigenvalue weighted by Crippen LogP contribution is 2.31. The second kappa shape index (κ2) is 5.87. The highest BCUT2D eigenvalue weighted by Gasteiger charge is 2.34. The lowest BCUT2D eigenvalue weighted by Gasteiger charge is -2.08. The Balaban J connectivity index is 3.00. The molecule has 0 aliphatic rings. The number of nitrogens with two attached hydrogens (primary N) is 1. The van der Waals surface area contributed by atoms with Crippen LogP contribution in [0.15, 0.2) is 23.4 Å². The van der Waals surface area contributed by atoms with Gasteiger partial charge in [-0.3, -0.25) is 0 Å². The average molecular weight is 299 g/mol. The molecule has 1 aromatic carbocycles. The molecule has 9 heteroatoms. The van der Waals surface area contributed by atoms with Gasteiger partial charge in [0.2, 0.25) is 0 Å². The molecule has 1 aromatic rings. The highest BCUT2D eigenvalue weighted by atomic mass is 35.5. The Bertz CT molecular complexity index is 517. The number of halogens is 5. The fraction of sp³-hybridized carbons (Fsp3) is 0.200. The molecule has 19 heavy (non-hydrogen) atoms. The van der Waals surface area contributed by atoms with Gasteiger partial charge in [0.25, 0.3) is 0 Å². The van der Waals surface area contributed by atoms with Crippen LogP contribution in [-0.4, -0.2) is 17.7 Å². The number of rotatable bonds is 3. The molecule has 0 amide bonds. The molecule has 0 radical (unpaired) electrons. The topological polar surface area (TPSA) is 64.7 Å². The van der Waals surface area contributed by atoms with Crippen molar-refractivity contribution in [2.24, 2.45) is 10.9 Å². The number of benzene rings is 1. The lowest BCUT2D eigenvalue weighted by atomic mass is 10.1. The quantitative estimate of drug-likeness (QED) is 0.233. The molecule has 0 heterocycles. The minimum Gasteiger partial charge on any atom is -0.383 e. The molecule has 0 saturated heterocycles. The average Bonchev–Trinajstić information content (AvgIpc) is 2.34. The Morgan fingerprint density at radius 3 is 2.58 bits per heavy atom. The maximum absolute atomic E-state index is 13.0. The number of carbonyl (C=O) groups excluding carboxylic acids is 1. The first-order valence-electron chi connectivity index (χ1n) is 4.72. The van der Waals surface area contributed by atoms with Gasteiger partial charge in [-0.25, -0.2) is 9.18 Å². The van der Waals surface area contributed by atoms with E-state index in [2.05, 4.69) is 9.99 Å². The molecule has 4 nitrogen and oxygen atoms in total. The van der Waals surface area contributed by atoms with Crippen LogP contribution in [0.2, 0.25) is 0 Å². The van der Waals surface area contributed by atoms with Gasteiger partial charge in [0.15, 0.2) is 5.84 Å². The van der Waals surface area contributed by atoms with Crippen molar-refractivity contribution in [3.05, 3.63) is 35.1 Å². The van der Waals surface area contributed by atoms with Gasteiger partial charge in [0.05, 0.1) is 17.0 Å². The summed E-state index contributed by atoms with van der Waals surface area (Å²) in [5.41, 5.74) is 3.04. The number of amidine groups is 1. The van der Waals surface area contributed by atoms with Crippen molar-refractivity contribution in [2.75, 3.05) is 5.88 Å². The van der Waals surface area contributed by atoms with Gasteiger partial charge in [-0.05, 0) is 18.2 Å². The summed E-state index contributed by atoms with van der Waals surface area (Å²) in [6.07, 6.45) is -4.92. The van der Waals surface area contributed by atoms with Crippen molar-refractivity contribution in [3.63, 3.8) is 0 Å². The molecule has 0 aromatic heterocycles. The number of oxime groups is 1. The molecule has 0 bridgehead atoms. The normalized spacial score (nSPS) is 12.4. The summed E-state index contributed by atoms with van der Waals surface area (Å²) in [6.45, 7) is 0. The number of hydrogen-bond acceptors (Lipinski definition) is 3. The van der Waals surface area contributed by atoms with Crippen LogP contribution in [0.5, 0.6) is 0 Å². The molecule has 0 aliphatic carbocycles. The van der Waals surface area contributed by atoms with Gasteiger partial charge in [0.1, 0.15) is 5.82 Å². The third-order valence-corrected chi connectivity index (χ3v) is 2.16. The van der Waals surface area contributed by atoms with Gasteiger partial charge in [-0.1, -0.05) is 5.16 Å². The maximum atomic E-state index is 13.0. The van der Waals surface area contributed by atoms with Gasteiger partial charge in [-0.2, -0.15) is 13.2 Å². The van der Waals surface area contributed by atoms with E-state index in [1.54, 1.807) is 0 Å². The van der Waals surface area contributed by atoms with E-state index in [0.717, 1.165) is 6.07 Å². The van der Waals surface area contributed by atoms with Crippen LogP contribution in [0.25, 0.3) is 0 Å². The molecule has 0 saturated carbocycles. The van der Waals surface area contributed by atoms with E-state index in [1.807, 2.05) is 0 Å². The van der Waals surface area contributed by atoms with Crippen molar-refractivity contribution >= 4 is 23.4 Å². The number of hydrogen-bond donors (Lipinski definition) is 1. The molecule has 0 aliphatic heterocycles. The summed E-state index contributed by atoms with van der Waals surface area (Å²) in [6, 6.07) is 1.66. The zero-order valence-electron chi connectivity index (χ0n) is 9.17. The minimum absolute atomic E-state index is 0.218. The van der Waals surface area contributed by atoms with Crippen LogP contribution in [0.3, 0.4) is 0 Å². The van der Waals surface area contributed by atoms with Crippen molar-refractivity contribution in [2.45, 2.75) is 6.18 Å². The second-order valence-electron chi connectivity index (χ2n) is 3.29. The molecule has 104 valence electrons.